The number of nitrogens with zero attached hydrogens (tertiary/aromatic N) is 5. The van der Waals surface area contributed by atoms with E-state index in [4.69, 9.17) is 14.2 Å². The fraction of sp³-hybridized carbons (Fsp3) is 0.741. The molecule has 0 N–H and O–H groups in total. The summed E-state index contributed by atoms with van der Waals surface area (Å²) < 4.78 is 42.1. The van der Waals surface area contributed by atoms with Gasteiger partial charge >= 0.3 is 12.1 Å². The molecule has 0 radical (unpaired) electrons. The second-order valence-electron chi connectivity index (χ2n) is 11.7. The van der Waals surface area contributed by atoms with Crippen LogP contribution in [0.25, 0.3) is 0 Å². The molecule has 13 nitrogen and oxygen atoms in total. The number of rotatable bonds is 11. The SMILES string of the molecule is CCCCOC(=O)C(C)(C)S(=O)(=O)N1CCN(c2cnc(OCC3CCN(C(=O)OC4(C)CC4)CC3)cn2)C(=O)C1. The first-order chi connectivity index (χ1) is 19.4. The highest BCUT2D eigenvalue weighted by Gasteiger charge is 2.49. The topological polar surface area (TPSA) is 149 Å². The van der Waals surface area contributed by atoms with Crippen molar-refractivity contribution >= 4 is 33.8 Å². The number of piperidine rings is 1. The van der Waals surface area contributed by atoms with Gasteiger partial charge in [0.1, 0.15) is 5.60 Å². The number of unbranched alkanes of at least 4 members (excludes halogenated alkanes) is 1. The molecule has 2 amide bonds. The van der Waals surface area contributed by atoms with Crippen LogP contribution in [0, 0.1) is 5.92 Å². The predicted molar refractivity (Wildman–Crippen MR) is 149 cm³/mol. The Kier molecular flexibility index (Phi) is 9.42. The largest absolute Gasteiger partial charge is 0.476 e. The summed E-state index contributed by atoms with van der Waals surface area (Å²) >= 11 is 0. The second-order valence-corrected chi connectivity index (χ2v) is 14.1. The predicted octanol–water partition coefficient (Wildman–Crippen LogP) is 2.36. The Morgan fingerprint density at radius 1 is 1.10 bits per heavy atom. The van der Waals surface area contributed by atoms with Crippen LogP contribution in [-0.2, 0) is 29.1 Å². The van der Waals surface area contributed by atoms with Crippen LogP contribution >= 0.6 is 0 Å². The molecule has 41 heavy (non-hydrogen) atoms. The van der Waals surface area contributed by atoms with E-state index >= 15 is 0 Å². The molecule has 1 aromatic heterocycles. The van der Waals surface area contributed by atoms with E-state index in [1.165, 1.54) is 31.1 Å². The van der Waals surface area contributed by atoms with Crippen LogP contribution in [0.1, 0.15) is 66.2 Å². The number of ether oxygens (including phenoxy) is 3. The van der Waals surface area contributed by atoms with Crippen LogP contribution in [0.5, 0.6) is 5.88 Å². The molecule has 1 aromatic rings. The van der Waals surface area contributed by atoms with E-state index in [0.717, 1.165) is 36.4 Å². The van der Waals surface area contributed by atoms with Gasteiger partial charge in [-0.05, 0) is 58.8 Å². The van der Waals surface area contributed by atoms with Gasteiger partial charge in [0.25, 0.3) is 0 Å². The first-order valence-corrected chi connectivity index (χ1v) is 15.7. The maximum absolute atomic E-state index is 13.2. The van der Waals surface area contributed by atoms with Crippen molar-refractivity contribution in [2.45, 2.75) is 76.6 Å². The fourth-order valence-electron chi connectivity index (χ4n) is 4.57. The summed E-state index contributed by atoms with van der Waals surface area (Å²) in [5.74, 6) is -0.442. The number of amides is 2. The van der Waals surface area contributed by atoms with Crippen molar-refractivity contribution in [1.82, 2.24) is 19.2 Å². The molecule has 2 saturated heterocycles. The summed E-state index contributed by atoms with van der Waals surface area (Å²) in [7, 11) is -4.15. The molecule has 3 heterocycles. The number of hydrogen-bond donors (Lipinski definition) is 0. The van der Waals surface area contributed by atoms with Crippen LogP contribution in [0.2, 0.25) is 0 Å². The summed E-state index contributed by atoms with van der Waals surface area (Å²) in [5.41, 5.74) is -0.280. The standard InChI is InChI=1S/C27H41N5O8S/c1-5-6-15-38-24(34)26(2,3)41(36,37)31-13-14-32(23(33)18-31)21-16-29-22(17-28-21)39-19-20-7-11-30(12-8-20)25(35)40-27(4)9-10-27/h16-17,20H,5-15,18-19H2,1-4H3. The lowest BCUT2D eigenvalue weighted by Crippen LogP contribution is -2.58. The molecule has 14 heteroatoms. The molecule has 1 aliphatic carbocycles. The molecule has 0 unspecified atom stereocenters. The Bertz CT molecular complexity index is 1210. The van der Waals surface area contributed by atoms with Gasteiger partial charge in [-0.25, -0.2) is 23.2 Å². The third kappa shape index (κ3) is 7.26. The second kappa shape index (κ2) is 12.5. The van der Waals surface area contributed by atoms with Crippen molar-refractivity contribution in [2.24, 2.45) is 5.92 Å². The molecular formula is C27H41N5O8S. The molecule has 228 valence electrons. The zero-order chi connectivity index (χ0) is 29.8. The van der Waals surface area contributed by atoms with Gasteiger partial charge in [-0.1, -0.05) is 13.3 Å². The van der Waals surface area contributed by atoms with Gasteiger partial charge in [-0.3, -0.25) is 14.5 Å². The number of likely N-dealkylation sites (tertiary alicyclic amines) is 1. The minimum Gasteiger partial charge on any atom is -0.476 e. The van der Waals surface area contributed by atoms with Crippen LogP contribution in [-0.4, -0.2) is 102 Å². The van der Waals surface area contributed by atoms with E-state index in [2.05, 4.69) is 9.97 Å². The average Bonchev–Trinajstić information content (AvgIpc) is 3.68. The van der Waals surface area contributed by atoms with E-state index < -0.39 is 33.2 Å². The van der Waals surface area contributed by atoms with Crippen molar-refractivity contribution in [2.75, 3.05) is 50.8 Å². The van der Waals surface area contributed by atoms with Gasteiger partial charge in [0.2, 0.25) is 21.8 Å². The molecule has 0 bridgehead atoms. The number of sulfonamides is 1. The minimum atomic E-state index is -4.15. The smallest absolute Gasteiger partial charge is 0.410 e. The van der Waals surface area contributed by atoms with Gasteiger partial charge in [-0.15, -0.1) is 0 Å². The molecule has 4 rings (SSSR count). The lowest BCUT2D eigenvalue weighted by Gasteiger charge is -2.36. The van der Waals surface area contributed by atoms with Crippen molar-refractivity contribution < 1.29 is 37.0 Å². The van der Waals surface area contributed by atoms with Crippen molar-refractivity contribution in [3.8, 4) is 5.88 Å². The Hall–Kier alpha value is -3.00. The molecule has 0 atom stereocenters. The van der Waals surface area contributed by atoms with Gasteiger partial charge in [0.05, 0.1) is 32.2 Å². The maximum atomic E-state index is 13.2. The molecule has 3 aliphatic rings. The number of hydrogen-bond acceptors (Lipinski definition) is 10. The highest BCUT2D eigenvalue weighted by molar-refractivity contribution is 7.91. The normalized spacial score (nSPS) is 20.0. The van der Waals surface area contributed by atoms with Gasteiger partial charge < -0.3 is 19.1 Å². The number of carbonyl (C=O) groups is 3. The number of anilines is 1. The number of aromatic nitrogens is 2. The van der Waals surface area contributed by atoms with E-state index in [9.17, 15) is 22.8 Å². The minimum absolute atomic E-state index is 0.00511. The van der Waals surface area contributed by atoms with Gasteiger partial charge in [0.15, 0.2) is 10.6 Å². The average molecular weight is 596 g/mol. The molecular weight excluding hydrogens is 554 g/mol. The van der Waals surface area contributed by atoms with Crippen LogP contribution in [0.3, 0.4) is 0 Å². The monoisotopic (exact) mass is 595 g/mol. The van der Waals surface area contributed by atoms with E-state index in [1.807, 2.05) is 13.8 Å². The first kappa shape index (κ1) is 30.9. The molecule has 0 spiro atoms. The van der Waals surface area contributed by atoms with Crippen molar-refractivity contribution in [3.05, 3.63) is 12.4 Å². The van der Waals surface area contributed by atoms with Gasteiger partial charge in [-0.2, -0.15) is 4.31 Å². The molecule has 1 saturated carbocycles. The number of piperazine rings is 1. The lowest BCUT2D eigenvalue weighted by atomic mass is 9.98. The van der Waals surface area contributed by atoms with Gasteiger partial charge in [0, 0.05) is 26.2 Å². The summed E-state index contributed by atoms with van der Waals surface area (Å²) in [6, 6.07) is 0. The van der Waals surface area contributed by atoms with Crippen LogP contribution < -0.4 is 9.64 Å². The maximum Gasteiger partial charge on any atom is 0.410 e. The number of carbonyl (C=O) groups excluding carboxylic acids is 3. The van der Waals surface area contributed by atoms with Crippen LogP contribution in [0.4, 0.5) is 10.6 Å². The molecule has 3 fully saturated rings. The first-order valence-electron chi connectivity index (χ1n) is 14.3. The highest BCUT2D eigenvalue weighted by Crippen LogP contribution is 2.39. The summed E-state index contributed by atoms with van der Waals surface area (Å²) in [4.78, 5) is 49.4. The Balaban J connectivity index is 1.24. The lowest BCUT2D eigenvalue weighted by molar-refractivity contribution is -0.146. The van der Waals surface area contributed by atoms with Crippen molar-refractivity contribution in [3.63, 3.8) is 0 Å². The Morgan fingerprint density at radius 2 is 1.80 bits per heavy atom. The van der Waals surface area contributed by atoms with Crippen molar-refractivity contribution in [1.29, 1.82) is 0 Å². The molecule has 2 aliphatic heterocycles. The molecule has 0 aromatic carbocycles. The van der Waals surface area contributed by atoms with E-state index in [0.29, 0.717) is 32.0 Å². The van der Waals surface area contributed by atoms with E-state index in [1.54, 1.807) is 4.90 Å². The summed E-state index contributed by atoms with van der Waals surface area (Å²) in [6.07, 6.45) is 7.50. The Morgan fingerprint density at radius 3 is 2.39 bits per heavy atom. The third-order valence-corrected chi connectivity index (χ3v) is 10.4. The summed E-state index contributed by atoms with van der Waals surface area (Å²) in [6.45, 7) is 7.95. The summed E-state index contributed by atoms with van der Waals surface area (Å²) in [5, 5.41) is 0. The zero-order valence-electron chi connectivity index (χ0n) is 24.3. The van der Waals surface area contributed by atoms with Crippen LogP contribution in [0.15, 0.2) is 12.4 Å². The highest BCUT2D eigenvalue weighted by atomic mass is 32.2. The quantitative estimate of drug-likeness (QED) is 0.276. The number of esters is 1. The van der Waals surface area contributed by atoms with E-state index in [-0.39, 0.29) is 43.1 Å². The fourth-order valence-corrected chi connectivity index (χ4v) is 6.09. The Labute approximate surface area is 241 Å². The zero-order valence-corrected chi connectivity index (χ0v) is 25.2. The third-order valence-electron chi connectivity index (χ3n) is 7.91.